The lowest BCUT2D eigenvalue weighted by atomic mass is 9.73. The fourth-order valence-corrected chi connectivity index (χ4v) is 2.14. The first-order chi connectivity index (χ1) is 10.9. The molecule has 0 N–H and O–H groups in total. The van der Waals surface area contributed by atoms with E-state index in [1.165, 1.54) is 39.4 Å². The average molecular weight is 323 g/mol. The van der Waals surface area contributed by atoms with E-state index in [1.807, 2.05) is 0 Å². The van der Waals surface area contributed by atoms with Crippen LogP contribution in [0, 0.1) is 16.7 Å². The van der Waals surface area contributed by atoms with E-state index in [-0.39, 0.29) is 31.3 Å². The Morgan fingerprint density at radius 3 is 2.00 bits per heavy atom. The van der Waals surface area contributed by atoms with E-state index in [4.69, 9.17) is 0 Å². The van der Waals surface area contributed by atoms with E-state index in [2.05, 4.69) is 22.1 Å². The third kappa shape index (κ3) is 6.07. The van der Waals surface area contributed by atoms with Gasteiger partial charge in [0.25, 0.3) is 0 Å². The summed E-state index contributed by atoms with van der Waals surface area (Å²) in [5.41, 5.74) is -1.27. The largest absolute Gasteiger partial charge is 0.469 e. The SMILES string of the molecule is C=C/C=C(\C(F)=C/C)C(C#N)(CCC(=O)OC)CCC(=O)OC. The first-order valence-electron chi connectivity index (χ1n) is 7.11. The van der Waals surface area contributed by atoms with Crippen molar-refractivity contribution in [2.45, 2.75) is 32.6 Å². The number of allylic oxidation sites excluding steroid dienone is 5. The van der Waals surface area contributed by atoms with E-state index < -0.39 is 23.2 Å². The molecule has 0 radical (unpaired) electrons. The predicted molar refractivity (Wildman–Crippen MR) is 83.7 cm³/mol. The van der Waals surface area contributed by atoms with Crippen molar-refractivity contribution in [1.82, 2.24) is 0 Å². The molecular formula is C17H22FNO4. The molecule has 0 amide bonds. The zero-order valence-electron chi connectivity index (χ0n) is 13.7. The Balaban J connectivity index is 5.75. The normalized spacial score (nSPS) is 12.3. The number of methoxy groups -OCH3 is 2. The molecule has 126 valence electrons. The average Bonchev–Trinajstić information content (AvgIpc) is 2.59. The lowest BCUT2D eigenvalue weighted by Gasteiger charge is -2.28. The summed E-state index contributed by atoms with van der Waals surface area (Å²) in [6, 6.07) is 2.06. The fraction of sp³-hybridized carbons (Fsp3) is 0.471. The molecule has 0 aliphatic heterocycles. The van der Waals surface area contributed by atoms with Crippen LogP contribution in [0.25, 0.3) is 0 Å². The standard InChI is InChI=1S/C17H22FNO4/c1-5-7-13(14(18)6-2)17(12-19,10-8-15(20)22-3)11-9-16(21)23-4/h5-7H,1,8-11H2,2-4H3/b13-7+,14-6+. The Hall–Kier alpha value is -2.42. The van der Waals surface area contributed by atoms with Crippen molar-refractivity contribution in [3.63, 3.8) is 0 Å². The molecule has 0 spiro atoms. The Morgan fingerprint density at radius 2 is 1.70 bits per heavy atom. The van der Waals surface area contributed by atoms with Crippen LogP contribution >= 0.6 is 0 Å². The van der Waals surface area contributed by atoms with E-state index >= 15 is 0 Å². The first-order valence-corrected chi connectivity index (χ1v) is 7.11. The summed E-state index contributed by atoms with van der Waals surface area (Å²) in [4.78, 5) is 22.8. The molecule has 5 nitrogen and oxygen atoms in total. The number of ether oxygens (including phenoxy) is 2. The number of halogens is 1. The number of carbonyl (C=O) groups excluding carboxylic acids is 2. The zero-order chi connectivity index (χ0) is 17.9. The van der Waals surface area contributed by atoms with Crippen molar-refractivity contribution in [3.8, 4) is 6.07 Å². The molecule has 0 aliphatic carbocycles. The zero-order valence-corrected chi connectivity index (χ0v) is 13.7. The highest BCUT2D eigenvalue weighted by Gasteiger charge is 2.37. The van der Waals surface area contributed by atoms with Gasteiger partial charge in [-0.3, -0.25) is 9.59 Å². The van der Waals surface area contributed by atoms with Gasteiger partial charge in [0, 0.05) is 18.4 Å². The Labute approximate surface area is 136 Å². The van der Waals surface area contributed by atoms with Gasteiger partial charge in [-0.05, 0) is 19.8 Å². The second kappa shape index (κ2) is 10.3. The van der Waals surface area contributed by atoms with Crippen LogP contribution < -0.4 is 0 Å². The van der Waals surface area contributed by atoms with E-state index in [1.54, 1.807) is 0 Å². The minimum Gasteiger partial charge on any atom is -0.469 e. The number of hydrogen-bond acceptors (Lipinski definition) is 5. The lowest BCUT2D eigenvalue weighted by Crippen LogP contribution is -2.25. The number of nitriles is 1. The molecule has 0 aliphatic rings. The van der Waals surface area contributed by atoms with Crippen molar-refractivity contribution < 1.29 is 23.5 Å². The summed E-state index contributed by atoms with van der Waals surface area (Å²) in [6.07, 6.45) is 3.86. The van der Waals surface area contributed by atoms with Gasteiger partial charge in [0.2, 0.25) is 0 Å². The van der Waals surface area contributed by atoms with Crippen molar-refractivity contribution in [1.29, 1.82) is 5.26 Å². The molecule has 0 unspecified atom stereocenters. The first kappa shape index (κ1) is 20.6. The third-order valence-corrected chi connectivity index (χ3v) is 3.49. The molecule has 0 atom stereocenters. The molecule has 23 heavy (non-hydrogen) atoms. The molecule has 0 heterocycles. The van der Waals surface area contributed by atoms with Crippen LogP contribution in [-0.4, -0.2) is 26.2 Å². The van der Waals surface area contributed by atoms with Gasteiger partial charge in [0.05, 0.1) is 25.7 Å². The fourth-order valence-electron chi connectivity index (χ4n) is 2.14. The van der Waals surface area contributed by atoms with Crippen LogP contribution in [0.1, 0.15) is 32.6 Å². The second-order valence-corrected chi connectivity index (χ2v) is 4.80. The molecule has 0 saturated carbocycles. The van der Waals surface area contributed by atoms with Crippen molar-refractivity contribution in [2.75, 3.05) is 14.2 Å². The highest BCUT2D eigenvalue weighted by molar-refractivity contribution is 5.70. The quantitative estimate of drug-likeness (QED) is 0.480. The highest BCUT2D eigenvalue weighted by Crippen LogP contribution is 2.41. The Bertz CT molecular complexity index is 523. The van der Waals surface area contributed by atoms with Crippen molar-refractivity contribution >= 4 is 11.9 Å². The van der Waals surface area contributed by atoms with Gasteiger partial charge in [0.1, 0.15) is 5.83 Å². The number of rotatable bonds is 9. The summed E-state index contributed by atoms with van der Waals surface area (Å²) in [5.74, 6) is -1.62. The van der Waals surface area contributed by atoms with Crippen molar-refractivity contribution in [3.05, 3.63) is 36.2 Å². The Kier molecular flexibility index (Phi) is 9.24. The highest BCUT2D eigenvalue weighted by atomic mass is 19.1. The van der Waals surface area contributed by atoms with Gasteiger partial charge < -0.3 is 9.47 Å². The molecule has 6 heteroatoms. The summed E-state index contributed by atoms with van der Waals surface area (Å²) in [6.45, 7) is 5.02. The topological polar surface area (TPSA) is 76.4 Å². The minimum absolute atomic E-state index is 0.0219. The van der Waals surface area contributed by atoms with Gasteiger partial charge in [-0.1, -0.05) is 24.8 Å². The van der Waals surface area contributed by atoms with Crippen LogP contribution in [0.5, 0.6) is 0 Å². The maximum atomic E-state index is 14.2. The summed E-state index contributed by atoms with van der Waals surface area (Å²) < 4.78 is 23.4. The molecule has 0 fully saturated rings. The second-order valence-electron chi connectivity index (χ2n) is 4.80. The number of hydrogen-bond donors (Lipinski definition) is 0. The molecule has 0 saturated heterocycles. The number of nitrogens with zero attached hydrogens (tertiary/aromatic N) is 1. The number of esters is 2. The summed E-state index contributed by atoms with van der Waals surface area (Å²) >= 11 is 0. The number of carbonyl (C=O) groups is 2. The van der Waals surface area contributed by atoms with E-state index in [0.717, 1.165) is 0 Å². The van der Waals surface area contributed by atoms with Gasteiger partial charge >= 0.3 is 11.9 Å². The van der Waals surface area contributed by atoms with E-state index in [0.29, 0.717) is 0 Å². The lowest BCUT2D eigenvalue weighted by molar-refractivity contribution is -0.141. The third-order valence-electron chi connectivity index (χ3n) is 3.49. The van der Waals surface area contributed by atoms with Gasteiger partial charge in [-0.2, -0.15) is 5.26 Å². The van der Waals surface area contributed by atoms with Crippen molar-refractivity contribution in [2.24, 2.45) is 5.41 Å². The molecular weight excluding hydrogens is 301 g/mol. The van der Waals surface area contributed by atoms with Gasteiger partial charge in [-0.15, -0.1) is 0 Å². The van der Waals surface area contributed by atoms with E-state index in [9.17, 15) is 19.2 Å². The molecule has 0 aromatic carbocycles. The smallest absolute Gasteiger partial charge is 0.305 e. The predicted octanol–water partition coefficient (Wildman–Crippen LogP) is 3.39. The van der Waals surface area contributed by atoms with Crippen LogP contribution in [0.4, 0.5) is 4.39 Å². The maximum Gasteiger partial charge on any atom is 0.305 e. The summed E-state index contributed by atoms with van der Waals surface area (Å²) in [7, 11) is 2.47. The van der Waals surface area contributed by atoms with Gasteiger partial charge in [-0.25, -0.2) is 4.39 Å². The monoisotopic (exact) mass is 323 g/mol. The van der Waals surface area contributed by atoms with Crippen LogP contribution in [0.15, 0.2) is 36.2 Å². The van der Waals surface area contributed by atoms with Gasteiger partial charge in [0.15, 0.2) is 0 Å². The molecule has 0 bridgehead atoms. The minimum atomic E-state index is -1.35. The van der Waals surface area contributed by atoms with Crippen LogP contribution in [0.3, 0.4) is 0 Å². The Morgan fingerprint density at radius 1 is 1.22 bits per heavy atom. The molecule has 0 rings (SSSR count). The summed E-state index contributed by atoms with van der Waals surface area (Å²) in [5, 5.41) is 9.67. The maximum absolute atomic E-state index is 14.2. The van der Waals surface area contributed by atoms with Crippen LogP contribution in [0.2, 0.25) is 0 Å². The molecule has 0 aromatic rings. The van der Waals surface area contributed by atoms with Crippen LogP contribution in [-0.2, 0) is 19.1 Å². The molecule has 0 aromatic heterocycles.